The number of ether oxygens (including phenoxy) is 2. The molecule has 0 saturated carbocycles. The van der Waals surface area contributed by atoms with Crippen LogP contribution >= 0.6 is 0 Å². The highest BCUT2D eigenvalue weighted by Gasteiger charge is 2.13. The number of hydrogen-bond acceptors (Lipinski definition) is 4. The Hall–Kier alpha value is -3.54. The highest BCUT2D eigenvalue weighted by atomic mass is 16.5. The molecular formula is C29H36N2O4. The molecule has 2 aromatic carbocycles. The zero-order valence-corrected chi connectivity index (χ0v) is 21.4. The highest BCUT2D eigenvalue weighted by Crippen LogP contribution is 2.27. The maximum Gasteiger partial charge on any atom is 0.305 e. The van der Waals surface area contributed by atoms with Crippen molar-refractivity contribution in [2.24, 2.45) is 5.41 Å². The van der Waals surface area contributed by atoms with Gasteiger partial charge in [0.1, 0.15) is 5.75 Å². The van der Waals surface area contributed by atoms with Gasteiger partial charge in [-0.2, -0.15) is 0 Å². The average Bonchev–Trinajstić information content (AvgIpc) is 3.18. The van der Waals surface area contributed by atoms with Gasteiger partial charge in [-0.25, -0.2) is 0 Å². The molecule has 3 rings (SSSR count). The van der Waals surface area contributed by atoms with Crippen molar-refractivity contribution in [2.75, 3.05) is 18.5 Å². The van der Waals surface area contributed by atoms with E-state index < -0.39 is 0 Å². The molecule has 35 heavy (non-hydrogen) atoms. The molecule has 6 heteroatoms. The Morgan fingerprint density at radius 2 is 1.86 bits per heavy atom. The SMILES string of the molecule is CCOC(=O)CCCOc1ccccc1NC(=O)/C=C(\C)c1ccc2c(ccn2CC(C)(C)C)c1. The Balaban J connectivity index is 1.64. The van der Waals surface area contributed by atoms with Crippen molar-refractivity contribution in [2.45, 2.75) is 54.0 Å². The minimum Gasteiger partial charge on any atom is -0.491 e. The van der Waals surface area contributed by atoms with Crippen LogP contribution in [0.2, 0.25) is 0 Å². The number of rotatable bonds is 10. The molecule has 0 bridgehead atoms. The van der Waals surface area contributed by atoms with Crippen LogP contribution in [0.3, 0.4) is 0 Å². The lowest BCUT2D eigenvalue weighted by atomic mass is 9.97. The number of allylic oxidation sites excluding steroid dienone is 1. The number of nitrogens with zero attached hydrogens (tertiary/aromatic N) is 1. The molecule has 1 aromatic heterocycles. The molecule has 0 radical (unpaired) electrons. The summed E-state index contributed by atoms with van der Waals surface area (Å²) in [5, 5.41) is 4.07. The lowest BCUT2D eigenvalue weighted by Crippen LogP contribution is -2.14. The van der Waals surface area contributed by atoms with Crippen molar-refractivity contribution < 1.29 is 19.1 Å². The van der Waals surface area contributed by atoms with Crippen LogP contribution < -0.4 is 10.1 Å². The lowest BCUT2D eigenvalue weighted by Gasteiger charge is -2.19. The predicted molar refractivity (Wildman–Crippen MR) is 141 cm³/mol. The van der Waals surface area contributed by atoms with Crippen molar-refractivity contribution in [3.8, 4) is 5.75 Å². The molecule has 0 aliphatic carbocycles. The summed E-state index contributed by atoms with van der Waals surface area (Å²) in [6.07, 6.45) is 4.56. The van der Waals surface area contributed by atoms with Gasteiger partial charge in [0.2, 0.25) is 5.91 Å². The number of nitrogens with one attached hydrogen (secondary N) is 1. The minimum atomic E-state index is -0.234. The van der Waals surface area contributed by atoms with Crippen LogP contribution in [0.15, 0.2) is 60.8 Å². The zero-order chi connectivity index (χ0) is 25.4. The average molecular weight is 477 g/mol. The second-order valence-electron chi connectivity index (χ2n) is 9.85. The van der Waals surface area contributed by atoms with Gasteiger partial charge in [-0.05, 0) is 67.2 Å². The third-order valence-electron chi connectivity index (χ3n) is 5.45. The van der Waals surface area contributed by atoms with E-state index in [1.807, 2.05) is 19.1 Å². The van der Waals surface area contributed by atoms with Crippen molar-refractivity contribution in [3.05, 3.63) is 66.4 Å². The second-order valence-corrected chi connectivity index (χ2v) is 9.85. The molecular weight excluding hydrogens is 440 g/mol. The van der Waals surface area contributed by atoms with E-state index in [9.17, 15) is 9.59 Å². The molecule has 1 N–H and O–H groups in total. The molecule has 0 aliphatic rings. The van der Waals surface area contributed by atoms with Crippen LogP contribution in [-0.2, 0) is 20.9 Å². The maximum atomic E-state index is 12.8. The number of hydrogen-bond donors (Lipinski definition) is 1. The largest absolute Gasteiger partial charge is 0.491 e. The smallest absolute Gasteiger partial charge is 0.305 e. The number of carbonyl (C=O) groups is 2. The van der Waals surface area contributed by atoms with Gasteiger partial charge < -0.3 is 19.4 Å². The fraction of sp³-hybridized carbons (Fsp3) is 0.379. The monoisotopic (exact) mass is 476 g/mol. The van der Waals surface area contributed by atoms with Crippen molar-refractivity contribution in [3.63, 3.8) is 0 Å². The molecule has 186 valence electrons. The molecule has 0 spiro atoms. The van der Waals surface area contributed by atoms with E-state index >= 15 is 0 Å². The number of aromatic nitrogens is 1. The normalized spacial score (nSPS) is 12.0. The van der Waals surface area contributed by atoms with Crippen molar-refractivity contribution in [1.29, 1.82) is 0 Å². The molecule has 0 fully saturated rings. The van der Waals surface area contributed by atoms with Crippen LogP contribution in [-0.4, -0.2) is 29.7 Å². The maximum absolute atomic E-state index is 12.8. The second kappa shape index (κ2) is 11.7. The van der Waals surface area contributed by atoms with E-state index in [-0.39, 0.29) is 17.3 Å². The van der Waals surface area contributed by atoms with Gasteiger partial charge in [-0.3, -0.25) is 9.59 Å². The van der Waals surface area contributed by atoms with Gasteiger partial charge in [0.25, 0.3) is 0 Å². The highest BCUT2D eigenvalue weighted by molar-refractivity contribution is 6.04. The summed E-state index contributed by atoms with van der Waals surface area (Å²) in [5.41, 5.74) is 3.85. The summed E-state index contributed by atoms with van der Waals surface area (Å²) in [6.45, 7) is 12.1. The molecule has 1 amide bonds. The summed E-state index contributed by atoms with van der Waals surface area (Å²) in [6, 6.07) is 15.7. The summed E-state index contributed by atoms with van der Waals surface area (Å²) in [4.78, 5) is 24.2. The number of anilines is 1. The first kappa shape index (κ1) is 26.1. The molecule has 0 aliphatic heterocycles. The number of fused-ring (bicyclic) bond motifs is 1. The van der Waals surface area contributed by atoms with Gasteiger partial charge in [0.05, 0.1) is 18.9 Å². The summed E-state index contributed by atoms with van der Waals surface area (Å²) in [5.74, 6) is 0.107. The minimum absolute atomic E-state index is 0.194. The van der Waals surface area contributed by atoms with Crippen LogP contribution in [0.5, 0.6) is 5.75 Å². The summed E-state index contributed by atoms with van der Waals surface area (Å²) >= 11 is 0. The summed E-state index contributed by atoms with van der Waals surface area (Å²) in [7, 11) is 0. The van der Waals surface area contributed by atoms with Gasteiger partial charge in [-0.15, -0.1) is 0 Å². The Kier molecular flexibility index (Phi) is 8.74. The fourth-order valence-electron chi connectivity index (χ4n) is 3.87. The van der Waals surface area contributed by atoms with Crippen LogP contribution in [0.25, 0.3) is 16.5 Å². The number of amides is 1. The van der Waals surface area contributed by atoms with Gasteiger partial charge in [0.15, 0.2) is 0 Å². The number of esters is 1. The van der Waals surface area contributed by atoms with Crippen molar-refractivity contribution in [1.82, 2.24) is 4.57 Å². The van der Waals surface area contributed by atoms with Gasteiger partial charge in [0, 0.05) is 36.1 Å². The topological polar surface area (TPSA) is 69.6 Å². The van der Waals surface area contributed by atoms with E-state index in [4.69, 9.17) is 9.47 Å². The Labute approximate surface area is 207 Å². The first-order valence-corrected chi connectivity index (χ1v) is 12.1. The summed E-state index contributed by atoms with van der Waals surface area (Å²) < 4.78 is 13.0. The zero-order valence-electron chi connectivity index (χ0n) is 21.4. The van der Waals surface area contributed by atoms with E-state index in [0.717, 1.165) is 23.1 Å². The van der Waals surface area contributed by atoms with Crippen LogP contribution in [0.1, 0.15) is 53.0 Å². The quantitative estimate of drug-likeness (QED) is 0.207. The van der Waals surface area contributed by atoms with E-state index in [2.05, 4.69) is 61.1 Å². The number of carbonyl (C=O) groups excluding carboxylic acids is 2. The van der Waals surface area contributed by atoms with E-state index in [0.29, 0.717) is 37.5 Å². The van der Waals surface area contributed by atoms with Gasteiger partial charge >= 0.3 is 5.97 Å². The van der Waals surface area contributed by atoms with Crippen LogP contribution in [0.4, 0.5) is 5.69 Å². The number of para-hydroxylation sites is 2. The third-order valence-corrected chi connectivity index (χ3v) is 5.45. The first-order valence-electron chi connectivity index (χ1n) is 12.1. The lowest BCUT2D eigenvalue weighted by molar-refractivity contribution is -0.143. The molecule has 6 nitrogen and oxygen atoms in total. The molecule has 0 saturated heterocycles. The standard InChI is InChI=1S/C29H36N2O4/c1-6-34-28(33)12-9-17-35-26-11-8-7-10-24(26)30-27(32)18-21(2)22-13-14-25-23(19-22)15-16-31(25)20-29(3,4)5/h7-8,10-11,13-16,18-19H,6,9,12,17,20H2,1-5H3,(H,30,32)/b21-18+. The first-order chi connectivity index (χ1) is 16.7. The predicted octanol–water partition coefficient (Wildman–Crippen LogP) is 6.45. The fourth-order valence-corrected chi connectivity index (χ4v) is 3.87. The molecule has 0 unspecified atom stereocenters. The van der Waals surface area contributed by atoms with E-state index in [1.165, 1.54) is 5.52 Å². The van der Waals surface area contributed by atoms with Crippen LogP contribution in [0, 0.1) is 5.41 Å². The Morgan fingerprint density at radius 1 is 1.09 bits per heavy atom. The van der Waals surface area contributed by atoms with E-state index in [1.54, 1.807) is 25.1 Å². The van der Waals surface area contributed by atoms with Gasteiger partial charge in [-0.1, -0.05) is 39.0 Å². The molecule has 0 atom stereocenters. The Morgan fingerprint density at radius 3 is 2.60 bits per heavy atom. The number of benzene rings is 2. The molecule has 3 aromatic rings. The Bertz CT molecular complexity index is 1200. The third kappa shape index (κ3) is 7.74. The molecule has 1 heterocycles. The van der Waals surface area contributed by atoms with Crippen molar-refractivity contribution >= 4 is 34.0 Å².